The SMILES string of the molecule is CCc1c(F)ccc2cc(O)cc(-c3nc4c5c(nc(OC[C@]67CCCN6C[C@@H](F)C7)nc5c3F)N3C[C@H]5CC[C@H](N5)[C@@H]3CO4)c12. The molecular formula is C34H35F3N6O3. The van der Waals surface area contributed by atoms with Crippen molar-refractivity contribution in [1.29, 1.82) is 0 Å². The van der Waals surface area contributed by atoms with Crippen LogP contribution >= 0.6 is 0 Å². The first-order valence-electron chi connectivity index (χ1n) is 16.3. The zero-order chi connectivity index (χ0) is 31.3. The van der Waals surface area contributed by atoms with Crippen LogP contribution in [0.4, 0.5) is 19.0 Å². The van der Waals surface area contributed by atoms with E-state index in [4.69, 9.17) is 19.4 Å². The van der Waals surface area contributed by atoms with Gasteiger partial charge in [0, 0.05) is 37.2 Å². The number of nitrogens with one attached hydrogen (secondary N) is 1. The summed E-state index contributed by atoms with van der Waals surface area (Å²) in [5.41, 5.74) is 0.0926. The molecule has 5 atom stereocenters. The standard InChI is InChI=1S/C34H35F3N6O3/c1-2-21-23(36)6-4-17-10-20(44)11-22(26(17)21)29-28(37)30-27-31(43-14-19-5-7-24(38-19)25(43)15-45-32(27)39-29)41-33(40-30)46-16-34-8-3-9-42(34)13-18(35)12-34/h4,6,10-11,18-19,24-25,38,44H,2-3,5,7-9,12-16H2,1H3/t18-,19+,24-,25-,34+/m0/s1. The number of benzene rings is 2. The molecule has 7 heterocycles. The van der Waals surface area contributed by atoms with Crippen LogP contribution in [0.3, 0.4) is 0 Å². The molecule has 4 aromatic rings. The molecule has 0 amide bonds. The molecule has 5 aliphatic heterocycles. The number of hydrogen-bond acceptors (Lipinski definition) is 9. The van der Waals surface area contributed by atoms with Crippen molar-refractivity contribution in [3.8, 4) is 28.9 Å². The van der Waals surface area contributed by atoms with Crippen LogP contribution in [0, 0.1) is 11.6 Å². The van der Waals surface area contributed by atoms with E-state index < -0.39 is 23.3 Å². The maximum absolute atomic E-state index is 17.1. The van der Waals surface area contributed by atoms with Crippen molar-refractivity contribution in [3.63, 3.8) is 0 Å². The van der Waals surface area contributed by atoms with E-state index in [0.29, 0.717) is 60.1 Å². The van der Waals surface area contributed by atoms with E-state index in [1.165, 1.54) is 18.2 Å². The number of aromatic nitrogens is 3. The second-order valence-corrected chi connectivity index (χ2v) is 13.5. The highest BCUT2D eigenvalue weighted by Gasteiger charge is 2.50. The number of ether oxygens (including phenoxy) is 2. The normalized spacial score (nSPS) is 28.4. The van der Waals surface area contributed by atoms with Crippen molar-refractivity contribution >= 4 is 27.5 Å². The van der Waals surface area contributed by atoms with Crippen LogP contribution in [0.25, 0.3) is 32.9 Å². The predicted octanol–water partition coefficient (Wildman–Crippen LogP) is 5.05. The number of piperazine rings is 1. The summed E-state index contributed by atoms with van der Waals surface area (Å²) in [7, 11) is 0. The van der Waals surface area contributed by atoms with Crippen molar-refractivity contribution in [2.75, 3.05) is 37.7 Å². The molecule has 4 fully saturated rings. The van der Waals surface area contributed by atoms with Gasteiger partial charge in [0.1, 0.15) is 53.4 Å². The van der Waals surface area contributed by atoms with Gasteiger partial charge in [-0.3, -0.25) is 4.90 Å². The molecule has 240 valence electrons. The third kappa shape index (κ3) is 4.18. The highest BCUT2D eigenvalue weighted by atomic mass is 19.1. The number of alkyl halides is 1. The van der Waals surface area contributed by atoms with Crippen molar-refractivity contribution in [3.05, 3.63) is 41.5 Å². The van der Waals surface area contributed by atoms with E-state index >= 15 is 8.78 Å². The number of nitrogens with zero attached hydrogens (tertiary/aromatic N) is 5. The lowest BCUT2D eigenvalue weighted by molar-refractivity contribution is 0.107. The summed E-state index contributed by atoms with van der Waals surface area (Å²) < 4.78 is 59.3. The second kappa shape index (κ2) is 10.3. The van der Waals surface area contributed by atoms with Gasteiger partial charge in [-0.15, -0.1) is 0 Å². The zero-order valence-electron chi connectivity index (χ0n) is 25.5. The predicted molar refractivity (Wildman–Crippen MR) is 166 cm³/mol. The fourth-order valence-corrected chi connectivity index (χ4v) is 8.84. The molecule has 0 aliphatic carbocycles. The van der Waals surface area contributed by atoms with Gasteiger partial charge in [0.05, 0.1) is 11.6 Å². The Balaban J connectivity index is 1.24. The fourth-order valence-electron chi connectivity index (χ4n) is 8.84. The quantitative estimate of drug-likeness (QED) is 0.314. The van der Waals surface area contributed by atoms with Gasteiger partial charge in [-0.1, -0.05) is 13.0 Å². The van der Waals surface area contributed by atoms with Crippen LogP contribution in [0.15, 0.2) is 24.3 Å². The van der Waals surface area contributed by atoms with Crippen molar-refractivity contribution in [2.45, 2.75) is 75.3 Å². The molecule has 2 aromatic heterocycles. The Kier molecular flexibility index (Phi) is 6.34. The number of fused-ring (bicyclic) bond motifs is 7. The zero-order valence-corrected chi connectivity index (χ0v) is 25.5. The second-order valence-electron chi connectivity index (χ2n) is 13.5. The smallest absolute Gasteiger partial charge is 0.319 e. The summed E-state index contributed by atoms with van der Waals surface area (Å²) in [4.78, 5) is 18.6. The Morgan fingerprint density at radius 1 is 1.13 bits per heavy atom. The number of rotatable bonds is 5. The number of aryl methyl sites for hydroxylation is 1. The monoisotopic (exact) mass is 632 g/mol. The molecule has 2 aromatic carbocycles. The van der Waals surface area contributed by atoms with E-state index in [9.17, 15) is 9.50 Å². The average Bonchev–Trinajstić information content (AvgIpc) is 3.68. The summed E-state index contributed by atoms with van der Waals surface area (Å²) in [5.74, 6) is -0.568. The minimum absolute atomic E-state index is 0.0145. The molecule has 0 saturated carbocycles. The summed E-state index contributed by atoms with van der Waals surface area (Å²) in [6.07, 6.45) is 3.62. The molecule has 9 rings (SSSR count). The molecule has 4 saturated heterocycles. The third-order valence-electron chi connectivity index (χ3n) is 10.9. The van der Waals surface area contributed by atoms with Gasteiger partial charge >= 0.3 is 6.01 Å². The van der Waals surface area contributed by atoms with Gasteiger partial charge in [-0.25, -0.2) is 18.2 Å². The van der Waals surface area contributed by atoms with E-state index in [1.54, 1.807) is 6.07 Å². The Morgan fingerprint density at radius 3 is 2.89 bits per heavy atom. The molecule has 46 heavy (non-hydrogen) atoms. The van der Waals surface area contributed by atoms with Crippen LogP contribution < -0.4 is 19.7 Å². The lowest BCUT2D eigenvalue weighted by atomic mass is 9.94. The van der Waals surface area contributed by atoms with Gasteiger partial charge in [-0.2, -0.15) is 9.97 Å². The molecule has 12 heteroatoms. The number of halogens is 3. The van der Waals surface area contributed by atoms with Gasteiger partial charge < -0.3 is 24.8 Å². The van der Waals surface area contributed by atoms with E-state index in [2.05, 4.69) is 20.1 Å². The topological polar surface area (TPSA) is 95.9 Å². The first-order valence-corrected chi connectivity index (χ1v) is 16.3. The largest absolute Gasteiger partial charge is 0.508 e. The van der Waals surface area contributed by atoms with Crippen LogP contribution in [0.5, 0.6) is 17.6 Å². The van der Waals surface area contributed by atoms with Crippen LogP contribution in [-0.2, 0) is 6.42 Å². The van der Waals surface area contributed by atoms with Gasteiger partial charge in [0.2, 0.25) is 5.88 Å². The number of anilines is 1. The number of pyridine rings is 1. The third-order valence-corrected chi connectivity index (χ3v) is 10.9. The molecular weight excluding hydrogens is 597 g/mol. The minimum atomic E-state index is -0.913. The van der Waals surface area contributed by atoms with Crippen molar-refractivity contribution < 1.29 is 27.8 Å². The first-order chi connectivity index (χ1) is 22.3. The van der Waals surface area contributed by atoms with Gasteiger partial charge in [0.25, 0.3) is 0 Å². The van der Waals surface area contributed by atoms with Crippen molar-refractivity contribution in [2.24, 2.45) is 0 Å². The lowest BCUT2D eigenvalue weighted by Gasteiger charge is -2.40. The molecule has 5 aliphatic rings. The Morgan fingerprint density at radius 2 is 2.02 bits per heavy atom. The molecule has 0 unspecified atom stereocenters. The Hall–Kier alpha value is -3.90. The molecule has 2 N–H and O–H groups in total. The van der Waals surface area contributed by atoms with E-state index in [-0.39, 0.29) is 59.1 Å². The molecule has 0 spiro atoms. The van der Waals surface area contributed by atoms with Gasteiger partial charge in [0.15, 0.2) is 5.82 Å². The van der Waals surface area contributed by atoms with E-state index in [1.807, 2.05) is 6.92 Å². The summed E-state index contributed by atoms with van der Waals surface area (Å²) in [6, 6.07) is 6.25. The van der Waals surface area contributed by atoms with Crippen LogP contribution in [0.2, 0.25) is 0 Å². The van der Waals surface area contributed by atoms with Crippen LogP contribution in [0.1, 0.15) is 44.6 Å². The highest BCUT2D eigenvalue weighted by Crippen LogP contribution is 2.45. The van der Waals surface area contributed by atoms with E-state index in [0.717, 1.165) is 32.2 Å². The fraction of sp³-hybridized carbons (Fsp3) is 0.500. The molecule has 0 radical (unpaired) electrons. The summed E-state index contributed by atoms with van der Waals surface area (Å²) in [5, 5.41) is 15.8. The Labute approximate surface area is 263 Å². The van der Waals surface area contributed by atoms with Gasteiger partial charge in [-0.05, 0) is 73.2 Å². The number of phenols is 1. The minimum Gasteiger partial charge on any atom is -0.508 e. The maximum atomic E-state index is 17.1. The molecule has 2 bridgehead atoms. The highest BCUT2D eigenvalue weighted by molar-refractivity contribution is 6.03. The number of hydrogen-bond donors (Lipinski definition) is 2. The summed E-state index contributed by atoms with van der Waals surface area (Å²) >= 11 is 0. The maximum Gasteiger partial charge on any atom is 0.319 e. The van der Waals surface area contributed by atoms with Crippen LogP contribution in [-0.4, -0.2) is 87.6 Å². The number of aromatic hydroxyl groups is 1. The summed E-state index contributed by atoms with van der Waals surface area (Å²) in [6.45, 7) is 4.21. The lowest BCUT2D eigenvalue weighted by Crippen LogP contribution is -2.60. The first kappa shape index (κ1) is 28.3. The Bertz CT molecular complexity index is 1910. The van der Waals surface area contributed by atoms with Crippen molar-refractivity contribution in [1.82, 2.24) is 25.2 Å². The molecule has 9 nitrogen and oxygen atoms in total. The average molecular weight is 633 g/mol. The number of phenolic OH excluding ortho intramolecular Hbond substituents is 1.